The van der Waals surface area contributed by atoms with Crippen LogP contribution in [0.25, 0.3) is 0 Å². The predicted molar refractivity (Wildman–Crippen MR) is 96.0 cm³/mol. The summed E-state index contributed by atoms with van der Waals surface area (Å²) in [6.07, 6.45) is 5.84. The van der Waals surface area contributed by atoms with E-state index in [1.54, 1.807) is 0 Å². The van der Waals surface area contributed by atoms with Gasteiger partial charge >= 0.3 is 0 Å². The average Bonchev–Trinajstić information content (AvgIpc) is 3.19. The lowest BCUT2D eigenvalue weighted by molar-refractivity contribution is 0.206. The maximum Gasteiger partial charge on any atom is 0.191 e. The Hall–Kier alpha value is -1.63. The van der Waals surface area contributed by atoms with Gasteiger partial charge in [-0.05, 0) is 39.2 Å². The van der Waals surface area contributed by atoms with Gasteiger partial charge in [0.1, 0.15) is 12.4 Å². The van der Waals surface area contributed by atoms with Crippen molar-refractivity contribution in [3.05, 3.63) is 11.6 Å². The number of hydrogen-bond acceptors (Lipinski definition) is 4. The molecule has 24 heavy (non-hydrogen) atoms. The van der Waals surface area contributed by atoms with Crippen molar-refractivity contribution in [1.29, 1.82) is 0 Å². The molecule has 0 radical (unpaired) electrons. The maximum absolute atomic E-state index is 4.74. The molecule has 0 amide bonds. The second-order valence-electron chi connectivity index (χ2n) is 6.74. The van der Waals surface area contributed by atoms with Crippen molar-refractivity contribution in [1.82, 2.24) is 30.3 Å². The van der Waals surface area contributed by atoms with Crippen molar-refractivity contribution in [2.45, 2.75) is 65.1 Å². The maximum atomic E-state index is 4.74. The van der Waals surface area contributed by atoms with Gasteiger partial charge in [0.15, 0.2) is 11.8 Å². The topological polar surface area (TPSA) is 70.4 Å². The van der Waals surface area contributed by atoms with Gasteiger partial charge in [0.2, 0.25) is 0 Å². The Kier molecular flexibility index (Phi) is 6.07. The van der Waals surface area contributed by atoms with Crippen LogP contribution in [-0.2, 0) is 19.5 Å². The second kappa shape index (κ2) is 8.46. The Labute approximate surface area is 144 Å². The first kappa shape index (κ1) is 17.2. The molecule has 2 aliphatic rings. The number of nitrogens with zero attached hydrogens (tertiary/aromatic N) is 5. The van der Waals surface area contributed by atoms with E-state index in [2.05, 4.69) is 44.1 Å². The van der Waals surface area contributed by atoms with Crippen LogP contribution in [0.2, 0.25) is 0 Å². The van der Waals surface area contributed by atoms with Gasteiger partial charge < -0.3 is 20.1 Å². The molecule has 0 saturated carbocycles. The molecule has 3 heterocycles. The van der Waals surface area contributed by atoms with E-state index in [1.165, 1.54) is 45.3 Å². The van der Waals surface area contributed by atoms with Crippen LogP contribution in [0.4, 0.5) is 0 Å². The highest BCUT2D eigenvalue weighted by atomic mass is 15.3. The van der Waals surface area contributed by atoms with Crippen LogP contribution >= 0.6 is 0 Å². The summed E-state index contributed by atoms with van der Waals surface area (Å²) in [4.78, 5) is 7.30. The minimum atomic E-state index is 0.514. The van der Waals surface area contributed by atoms with Crippen molar-refractivity contribution in [3.8, 4) is 0 Å². The zero-order valence-corrected chi connectivity index (χ0v) is 15.1. The zero-order chi connectivity index (χ0) is 16.8. The first-order chi connectivity index (χ1) is 11.8. The summed E-state index contributed by atoms with van der Waals surface area (Å²) in [7, 11) is 0. The molecule has 0 aromatic carbocycles. The van der Waals surface area contributed by atoms with E-state index < -0.39 is 0 Å². The third kappa shape index (κ3) is 4.26. The van der Waals surface area contributed by atoms with Crippen LogP contribution in [0.15, 0.2) is 4.99 Å². The molecular weight excluding hydrogens is 302 g/mol. The van der Waals surface area contributed by atoms with Gasteiger partial charge in [0.05, 0.1) is 0 Å². The van der Waals surface area contributed by atoms with Crippen LogP contribution in [-0.4, -0.2) is 57.8 Å². The van der Waals surface area contributed by atoms with Crippen molar-refractivity contribution in [2.75, 3.05) is 26.2 Å². The standard InChI is InChI=1S/C17H31N7/c1-3-9-23-11-7-14(8-12-23)20-17(18-4-2)19-13-16-22-21-15-6-5-10-24(15)16/h14H,3-13H2,1-2H3,(H2,18,19,20). The van der Waals surface area contributed by atoms with Crippen molar-refractivity contribution < 1.29 is 0 Å². The average molecular weight is 333 g/mol. The summed E-state index contributed by atoms with van der Waals surface area (Å²) < 4.78 is 2.22. The summed E-state index contributed by atoms with van der Waals surface area (Å²) in [6, 6.07) is 0.514. The lowest BCUT2D eigenvalue weighted by atomic mass is 10.1. The molecule has 0 atom stereocenters. The van der Waals surface area contributed by atoms with Gasteiger partial charge in [-0.15, -0.1) is 10.2 Å². The number of fused-ring (bicyclic) bond motifs is 1. The predicted octanol–water partition coefficient (Wildman–Crippen LogP) is 1.15. The van der Waals surface area contributed by atoms with Crippen LogP contribution in [0.3, 0.4) is 0 Å². The molecular formula is C17H31N7. The van der Waals surface area contributed by atoms with Gasteiger partial charge in [0.25, 0.3) is 0 Å². The second-order valence-corrected chi connectivity index (χ2v) is 6.74. The largest absolute Gasteiger partial charge is 0.357 e. The molecule has 1 fully saturated rings. The zero-order valence-electron chi connectivity index (χ0n) is 15.1. The van der Waals surface area contributed by atoms with Crippen LogP contribution in [0, 0.1) is 0 Å². The molecule has 7 nitrogen and oxygen atoms in total. The highest BCUT2D eigenvalue weighted by molar-refractivity contribution is 5.80. The number of piperidine rings is 1. The molecule has 0 bridgehead atoms. The summed E-state index contributed by atoms with van der Waals surface area (Å²) in [5.74, 6) is 3.00. The normalized spacial score (nSPS) is 19.5. The van der Waals surface area contributed by atoms with E-state index in [-0.39, 0.29) is 0 Å². The van der Waals surface area contributed by atoms with E-state index >= 15 is 0 Å². The Morgan fingerprint density at radius 2 is 2.04 bits per heavy atom. The molecule has 134 valence electrons. The van der Waals surface area contributed by atoms with Crippen molar-refractivity contribution in [3.63, 3.8) is 0 Å². The summed E-state index contributed by atoms with van der Waals surface area (Å²) in [5.41, 5.74) is 0. The van der Waals surface area contributed by atoms with Crippen LogP contribution < -0.4 is 10.6 Å². The number of guanidine groups is 1. The summed E-state index contributed by atoms with van der Waals surface area (Å²) in [5, 5.41) is 15.5. The van der Waals surface area contributed by atoms with Gasteiger partial charge in [0, 0.05) is 38.6 Å². The Balaban J connectivity index is 1.54. The van der Waals surface area contributed by atoms with Crippen LogP contribution in [0.1, 0.15) is 51.2 Å². The highest BCUT2D eigenvalue weighted by Gasteiger charge is 2.20. The summed E-state index contributed by atoms with van der Waals surface area (Å²) >= 11 is 0. The minimum Gasteiger partial charge on any atom is -0.357 e. The van der Waals surface area contributed by atoms with E-state index in [4.69, 9.17) is 4.99 Å². The Bertz CT molecular complexity index is 543. The molecule has 2 aliphatic heterocycles. The first-order valence-corrected chi connectivity index (χ1v) is 9.48. The van der Waals surface area contributed by atoms with Gasteiger partial charge in [-0.25, -0.2) is 4.99 Å². The van der Waals surface area contributed by atoms with Crippen molar-refractivity contribution >= 4 is 5.96 Å². The highest BCUT2D eigenvalue weighted by Crippen LogP contribution is 2.14. The lowest BCUT2D eigenvalue weighted by Gasteiger charge is -2.32. The fourth-order valence-corrected chi connectivity index (χ4v) is 3.61. The lowest BCUT2D eigenvalue weighted by Crippen LogP contribution is -2.48. The fourth-order valence-electron chi connectivity index (χ4n) is 3.61. The Morgan fingerprint density at radius 3 is 2.79 bits per heavy atom. The molecule has 7 heteroatoms. The minimum absolute atomic E-state index is 0.514. The van der Waals surface area contributed by atoms with Crippen LogP contribution in [0.5, 0.6) is 0 Å². The number of rotatable bonds is 6. The molecule has 1 saturated heterocycles. The number of aryl methyl sites for hydroxylation is 1. The number of nitrogens with one attached hydrogen (secondary N) is 2. The monoisotopic (exact) mass is 333 g/mol. The van der Waals surface area contributed by atoms with Crippen molar-refractivity contribution in [2.24, 2.45) is 4.99 Å². The van der Waals surface area contributed by atoms with E-state index in [1.807, 2.05) is 0 Å². The van der Waals surface area contributed by atoms with E-state index in [0.29, 0.717) is 12.6 Å². The van der Waals surface area contributed by atoms with Gasteiger partial charge in [-0.3, -0.25) is 0 Å². The smallest absolute Gasteiger partial charge is 0.191 e. The molecule has 0 unspecified atom stereocenters. The van der Waals surface area contributed by atoms with E-state index in [0.717, 1.165) is 37.1 Å². The molecule has 1 aromatic rings. The fraction of sp³-hybridized carbons (Fsp3) is 0.824. The third-order valence-corrected chi connectivity index (χ3v) is 4.88. The van der Waals surface area contributed by atoms with Gasteiger partial charge in [-0.2, -0.15) is 0 Å². The number of likely N-dealkylation sites (tertiary alicyclic amines) is 1. The van der Waals surface area contributed by atoms with E-state index in [9.17, 15) is 0 Å². The molecule has 2 N–H and O–H groups in total. The van der Waals surface area contributed by atoms with Gasteiger partial charge in [-0.1, -0.05) is 6.92 Å². The molecule has 0 aliphatic carbocycles. The summed E-state index contributed by atoms with van der Waals surface area (Å²) in [6.45, 7) is 10.4. The SMILES string of the molecule is CCCN1CCC(NC(=NCc2nnc3n2CCC3)NCC)CC1. The first-order valence-electron chi connectivity index (χ1n) is 9.48. The number of aromatic nitrogens is 3. The molecule has 1 aromatic heterocycles. The molecule has 0 spiro atoms. The Morgan fingerprint density at radius 1 is 1.21 bits per heavy atom. The number of aliphatic imine (C=N–C) groups is 1. The number of hydrogen-bond donors (Lipinski definition) is 2. The molecule has 3 rings (SSSR count). The third-order valence-electron chi connectivity index (χ3n) is 4.88. The quantitative estimate of drug-likeness (QED) is 0.604.